The fourth-order valence-electron chi connectivity index (χ4n) is 3.14. The predicted octanol–water partition coefficient (Wildman–Crippen LogP) is 1.89. The Morgan fingerprint density at radius 2 is 1.81 bits per heavy atom. The molecule has 1 N–H and O–H groups in total. The first-order chi connectivity index (χ1) is 9.69. The average molecular weight is 318 g/mol. The largest absolute Gasteiger partial charge is 0.444 e. The van der Waals surface area contributed by atoms with Crippen LogP contribution in [-0.4, -0.2) is 62.3 Å². The molecule has 6 nitrogen and oxygen atoms in total. The van der Waals surface area contributed by atoms with Crippen LogP contribution in [0.15, 0.2) is 0 Å². The van der Waals surface area contributed by atoms with Crippen molar-refractivity contribution >= 4 is 17.2 Å². The van der Waals surface area contributed by atoms with Crippen molar-refractivity contribution in [2.24, 2.45) is 5.41 Å². The van der Waals surface area contributed by atoms with E-state index < -0.39 is 16.7 Å². The molecule has 1 unspecified atom stereocenters. The number of ether oxygens (including phenoxy) is 1. The van der Waals surface area contributed by atoms with Crippen LogP contribution in [0.2, 0.25) is 0 Å². The van der Waals surface area contributed by atoms with Crippen molar-refractivity contribution in [1.29, 1.82) is 0 Å². The SMILES string of the molecule is CC(C)(C)OC(=O)N1CCC2(CCN(CS(=O)O)CC2)C1. The number of piperidine rings is 1. The number of amides is 1. The van der Waals surface area contributed by atoms with Crippen LogP contribution in [0, 0.1) is 5.41 Å². The number of rotatable bonds is 2. The van der Waals surface area contributed by atoms with Crippen LogP contribution >= 0.6 is 0 Å². The molecular weight excluding hydrogens is 292 g/mol. The average Bonchev–Trinajstić information content (AvgIpc) is 2.74. The summed E-state index contributed by atoms with van der Waals surface area (Å²) in [5.74, 6) is 0.228. The standard InChI is InChI=1S/C14H26N2O4S/c1-13(2,3)20-12(17)16-9-6-14(10-16)4-7-15(8-5-14)11-21(18)19/h4-11H2,1-3H3,(H,18,19). The highest BCUT2D eigenvalue weighted by molar-refractivity contribution is 7.79. The number of likely N-dealkylation sites (tertiary alicyclic amines) is 2. The van der Waals surface area contributed by atoms with Gasteiger partial charge in [0.15, 0.2) is 11.1 Å². The fraction of sp³-hybridized carbons (Fsp3) is 0.929. The Morgan fingerprint density at radius 3 is 2.33 bits per heavy atom. The molecule has 0 radical (unpaired) electrons. The van der Waals surface area contributed by atoms with Gasteiger partial charge in [0.2, 0.25) is 0 Å². The van der Waals surface area contributed by atoms with E-state index in [-0.39, 0.29) is 17.4 Å². The zero-order chi connectivity index (χ0) is 15.7. The summed E-state index contributed by atoms with van der Waals surface area (Å²) >= 11 is -1.76. The fourth-order valence-corrected chi connectivity index (χ4v) is 3.71. The maximum Gasteiger partial charge on any atom is 0.410 e. The van der Waals surface area contributed by atoms with Gasteiger partial charge in [0.25, 0.3) is 0 Å². The molecule has 2 aliphatic heterocycles. The molecule has 0 aromatic rings. The van der Waals surface area contributed by atoms with E-state index in [1.54, 1.807) is 0 Å². The Kier molecular flexibility index (Phi) is 4.95. The molecule has 1 spiro atoms. The highest BCUT2D eigenvalue weighted by atomic mass is 32.2. The Bertz CT molecular complexity index is 414. The quantitative estimate of drug-likeness (QED) is 0.787. The Balaban J connectivity index is 1.85. The van der Waals surface area contributed by atoms with Gasteiger partial charge >= 0.3 is 6.09 Å². The maximum absolute atomic E-state index is 12.1. The summed E-state index contributed by atoms with van der Waals surface area (Å²) in [6.45, 7) is 8.79. The number of carbonyl (C=O) groups is 1. The lowest BCUT2D eigenvalue weighted by molar-refractivity contribution is 0.0251. The molecule has 2 aliphatic rings. The number of hydrogen-bond acceptors (Lipinski definition) is 4. The second kappa shape index (κ2) is 6.22. The van der Waals surface area contributed by atoms with Crippen molar-refractivity contribution in [2.75, 3.05) is 32.1 Å². The summed E-state index contributed by atoms with van der Waals surface area (Å²) in [5, 5.41) is 0. The van der Waals surface area contributed by atoms with E-state index in [0.717, 1.165) is 45.4 Å². The van der Waals surface area contributed by atoms with Gasteiger partial charge < -0.3 is 14.2 Å². The summed E-state index contributed by atoms with van der Waals surface area (Å²) in [6, 6.07) is 0. The van der Waals surface area contributed by atoms with Crippen molar-refractivity contribution in [2.45, 2.75) is 45.6 Å². The van der Waals surface area contributed by atoms with Crippen molar-refractivity contribution in [3.63, 3.8) is 0 Å². The third kappa shape index (κ3) is 4.66. The lowest BCUT2D eigenvalue weighted by Gasteiger charge is -2.38. The van der Waals surface area contributed by atoms with E-state index >= 15 is 0 Å². The van der Waals surface area contributed by atoms with Gasteiger partial charge in [-0.2, -0.15) is 0 Å². The molecule has 21 heavy (non-hydrogen) atoms. The summed E-state index contributed by atoms with van der Waals surface area (Å²) in [5.41, 5.74) is -0.286. The minimum absolute atomic E-state index is 0.171. The Labute approximate surface area is 129 Å². The molecule has 0 aromatic carbocycles. The van der Waals surface area contributed by atoms with Crippen LogP contribution < -0.4 is 0 Å². The van der Waals surface area contributed by atoms with Gasteiger partial charge in [-0.1, -0.05) is 0 Å². The van der Waals surface area contributed by atoms with Crippen LogP contribution in [0.1, 0.15) is 40.0 Å². The summed E-state index contributed by atoms with van der Waals surface area (Å²) in [4.78, 5) is 16.0. The van der Waals surface area contributed by atoms with Gasteiger partial charge in [0.05, 0.1) is 0 Å². The van der Waals surface area contributed by atoms with Crippen molar-refractivity contribution < 1.29 is 18.3 Å². The molecule has 0 saturated carbocycles. The van der Waals surface area contributed by atoms with Gasteiger partial charge in [0.1, 0.15) is 11.5 Å². The molecule has 7 heteroatoms. The lowest BCUT2D eigenvalue weighted by atomic mass is 9.78. The first-order valence-electron chi connectivity index (χ1n) is 7.47. The molecule has 0 bridgehead atoms. The highest BCUT2D eigenvalue weighted by Gasteiger charge is 2.43. The van der Waals surface area contributed by atoms with Crippen molar-refractivity contribution in [3.05, 3.63) is 0 Å². The Hall–Kier alpha value is -0.660. The molecule has 2 saturated heterocycles. The van der Waals surface area contributed by atoms with Crippen LogP contribution in [0.25, 0.3) is 0 Å². The van der Waals surface area contributed by atoms with Crippen LogP contribution in [0.3, 0.4) is 0 Å². The van der Waals surface area contributed by atoms with E-state index in [1.807, 2.05) is 30.6 Å². The van der Waals surface area contributed by atoms with E-state index in [9.17, 15) is 9.00 Å². The molecular formula is C14H26N2O4S. The van der Waals surface area contributed by atoms with Crippen LogP contribution in [0.4, 0.5) is 4.79 Å². The van der Waals surface area contributed by atoms with Gasteiger partial charge in [-0.15, -0.1) is 0 Å². The van der Waals surface area contributed by atoms with Crippen LogP contribution in [0.5, 0.6) is 0 Å². The molecule has 1 amide bonds. The molecule has 0 aromatic heterocycles. The second-order valence-electron chi connectivity index (χ2n) is 7.22. The highest BCUT2D eigenvalue weighted by Crippen LogP contribution is 2.40. The number of hydrogen-bond donors (Lipinski definition) is 1. The number of nitrogens with zero attached hydrogens (tertiary/aromatic N) is 2. The monoisotopic (exact) mass is 318 g/mol. The van der Waals surface area contributed by atoms with Crippen molar-refractivity contribution in [1.82, 2.24) is 9.80 Å². The molecule has 2 heterocycles. The van der Waals surface area contributed by atoms with E-state index in [2.05, 4.69) is 0 Å². The summed E-state index contributed by atoms with van der Waals surface area (Å²) in [7, 11) is 0. The number of carbonyl (C=O) groups excluding carboxylic acids is 1. The smallest absolute Gasteiger partial charge is 0.410 e. The Morgan fingerprint density at radius 1 is 1.24 bits per heavy atom. The first kappa shape index (κ1) is 16.7. The van der Waals surface area contributed by atoms with Gasteiger partial charge in [-0.3, -0.25) is 4.90 Å². The predicted molar refractivity (Wildman–Crippen MR) is 81.3 cm³/mol. The topological polar surface area (TPSA) is 70.1 Å². The minimum atomic E-state index is -1.76. The maximum atomic E-state index is 12.1. The summed E-state index contributed by atoms with van der Waals surface area (Å²) < 4.78 is 25.2. The molecule has 0 aliphatic carbocycles. The third-order valence-corrected chi connectivity index (χ3v) is 4.89. The van der Waals surface area contributed by atoms with Gasteiger partial charge in [-0.25, -0.2) is 9.00 Å². The third-order valence-electron chi connectivity index (χ3n) is 4.30. The van der Waals surface area contributed by atoms with E-state index in [1.165, 1.54) is 0 Å². The molecule has 1 atom stereocenters. The second-order valence-corrected chi connectivity index (χ2v) is 8.12. The van der Waals surface area contributed by atoms with E-state index in [0.29, 0.717) is 0 Å². The van der Waals surface area contributed by atoms with E-state index in [4.69, 9.17) is 9.29 Å². The van der Waals surface area contributed by atoms with Gasteiger partial charge in [-0.05, 0) is 58.5 Å². The molecule has 2 rings (SSSR count). The minimum Gasteiger partial charge on any atom is -0.444 e. The normalized spacial score (nSPS) is 24.3. The van der Waals surface area contributed by atoms with Gasteiger partial charge in [0, 0.05) is 13.1 Å². The zero-order valence-electron chi connectivity index (χ0n) is 13.1. The first-order valence-corrected chi connectivity index (χ1v) is 8.75. The summed E-state index contributed by atoms with van der Waals surface area (Å²) in [6.07, 6.45) is 2.73. The lowest BCUT2D eigenvalue weighted by Crippen LogP contribution is -2.43. The van der Waals surface area contributed by atoms with Crippen LogP contribution in [-0.2, 0) is 15.8 Å². The zero-order valence-corrected chi connectivity index (χ0v) is 13.9. The molecule has 122 valence electrons. The molecule has 2 fully saturated rings. The van der Waals surface area contributed by atoms with Crippen molar-refractivity contribution in [3.8, 4) is 0 Å².